The number of sulfonamides is 1. The fourth-order valence-corrected chi connectivity index (χ4v) is 8.47. The monoisotopic (exact) mass is 554 g/mol. The summed E-state index contributed by atoms with van der Waals surface area (Å²) in [6.45, 7) is 6.22. The van der Waals surface area contributed by atoms with Crippen LogP contribution in [0.25, 0.3) is 10.2 Å². The van der Waals surface area contributed by atoms with E-state index in [1.807, 2.05) is 19.0 Å². The number of anilines is 1. The number of carbonyl (C=O) groups is 1. The highest BCUT2D eigenvalue weighted by molar-refractivity contribution is 7.91. The number of hydrogen-bond donors (Lipinski definition) is 0. The van der Waals surface area contributed by atoms with Crippen molar-refractivity contribution in [1.29, 1.82) is 0 Å². The molecule has 0 aliphatic carbocycles. The second-order valence-corrected chi connectivity index (χ2v) is 14.1. The van der Waals surface area contributed by atoms with Gasteiger partial charge in [-0.15, -0.1) is 11.3 Å². The molecule has 1 aliphatic heterocycles. The Kier molecular flexibility index (Phi) is 8.19. The lowest BCUT2D eigenvalue weighted by Gasteiger charge is -2.32. The van der Waals surface area contributed by atoms with Crippen molar-refractivity contribution in [1.82, 2.24) is 14.2 Å². The zero-order valence-corrected chi connectivity index (χ0v) is 23.7. The number of amides is 1. The molecule has 190 valence electrons. The molecule has 7 nitrogen and oxygen atoms in total. The second-order valence-electron chi connectivity index (χ2n) is 9.23. The highest BCUT2D eigenvalue weighted by Crippen LogP contribution is 2.35. The number of hydrogen-bond acceptors (Lipinski definition) is 7. The molecule has 1 fully saturated rings. The van der Waals surface area contributed by atoms with Gasteiger partial charge in [0.2, 0.25) is 5.91 Å². The smallest absolute Gasteiger partial charge is 0.252 e. The molecule has 1 aliphatic rings. The van der Waals surface area contributed by atoms with E-state index in [2.05, 4.69) is 30.9 Å². The number of aryl methyl sites for hydroxylation is 2. The van der Waals surface area contributed by atoms with Gasteiger partial charge >= 0.3 is 0 Å². The van der Waals surface area contributed by atoms with E-state index in [1.165, 1.54) is 9.87 Å². The first-order valence-electron chi connectivity index (χ1n) is 11.7. The van der Waals surface area contributed by atoms with Crippen molar-refractivity contribution in [3.05, 3.63) is 39.7 Å². The molecule has 0 unspecified atom stereocenters. The Morgan fingerprint density at radius 2 is 1.83 bits per heavy atom. The minimum atomic E-state index is -3.59. The molecule has 0 N–H and O–H groups in total. The maximum atomic E-state index is 13.7. The summed E-state index contributed by atoms with van der Waals surface area (Å²) < 4.78 is 29.2. The fraction of sp³-hybridized carbons (Fsp3) is 0.500. The maximum absolute atomic E-state index is 13.7. The van der Waals surface area contributed by atoms with Crippen molar-refractivity contribution < 1.29 is 13.2 Å². The van der Waals surface area contributed by atoms with E-state index >= 15 is 0 Å². The van der Waals surface area contributed by atoms with Gasteiger partial charge in [-0.3, -0.25) is 9.69 Å². The van der Waals surface area contributed by atoms with Crippen LogP contribution in [0.4, 0.5) is 5.13 Å². The summed E-state index contributed by atoms with van der Waals surface area (Å²) >= 11 is 8.56. The number of carbonyl (C=O) groups excluding carboxylic acids is 1. The number of halogens is 1. The van der Waals surface area contributed by atoms with Gasteiger partial charge in [0.1, 0.15) is 4.21 Å². The number of aromatic nitrogens is 1. The summed E-state index contributed by atoms with van der Waals surface area (Å²) in [5, 5.41) is 0.723. The van der Waals surface area contributed by atoms with Crippen molar-refractivity contribution in [2.75, 3.05) is 45.2 Å². The molecule has 0 spiro atoms. The number of thiazole rings is 1. The fourth-order valence-electron chi connectivity index (χ4n) is 4.30. The Labute approximate surface area is 220 Å². The van der Waals surface area contributed by atoms with Gasteiger partial charge in [0.25, 0.3) is 10.0 Å². The summed E-state index contributed by atoms with van der Waals surface area (Å²) in [4.78, 5) is 22.5. The Balaban J connectivity index is 1.52. The molecule has 4 rings (SSSR count). The lowest BCUT2D eigenvalue weighted by Crippen LogP contribution is -2.45. The van der Waals surface area contributed by atoms with Gasteiger partial charge in [-0.1, -0.05) is 29.0 Å². The summed E-state index contributed by atoms with van der Waals surface area (Å²) in [7, 11) is 0.456. The van der Waals surface area contributed by atoms with Crippen LogP contribution in [0.5, 0.6) is 0 Å². The van der Waals surface area contributed by atoms with Crippen LogP contribution in [0.15, 0.2) is 28.5 Å². The van der Waals surface area contributed by atoms with Crippen molar-refractivity contribution in [2.45, 2.75) is 37.3 Å². The third kappa shape index (κ3) is 5.73. The second kappa shape index (κ2) is 10.8. The van der Waals surface area contributed by atoms with E-state index < -0.39 is 10.0 Å². The predicted octanol–water partition coefficient (Wildman–Crippen LogP) is 5.01. The molecule has 1 amide bonds. The molecule has 2 aromatic heterocycles. The van der Waals surface area contributed by atoms with E-state index in [4.69, 9.17) is 16.6 Å². The SMILES string of the molecule is Cc1ccc2sc(N(CCCN(C)C)C(=O)C3CCN(S(=O)(=O)c4ccc(Cl)s4)CC3)nc2c1C. The molecule has 1 saturated heterocycles. The van der Waals surface area contributed by atoms with E-state index in [-0.39, 0.29) is 16.0 Å². The lowest BCUT2D eigenvalue weighted by molar-refractivity contribution is -0.123. The minimum absolute atomic E-state index is 0.0356. The van der Waals surface area contributed by atoms with Crippen LogP contribution in [-0.4, -0.2) is 68.8 Å². The van der Waals surface area contributed by atoms with Crippen LogP contribution < -0.4 is 4.90 Å². The summed E-state index contributed by atoms with van der Waals surface area (Å²) in [6.07, 6.45) is 1.81. The molecular weight excluding hydrogens is 524 g/mol. The van der Waals surface area contributed by atoms with Crippen LogP contribution in [0.3, 0.4) is 0 Å². The standard InChI is InChI=1S/C24H31ClN4O3S3/c1-16-6-7-19-22(17(16)2)26-24(33-19)29(13-5-12-27(3)4)23(30)18-10-14-28(15-11-18)35(31,32)21-9-8-20(25)34-21/h6-9,18H,5,10-15H2,1-4H3. The third-order valence-electron chi connectivity index (χ3n) is 6.50. The molecule has 0 saturated carbocycles. The van der Waals surface area contributed by atoms with Crippen molar-refractivity contribution in [3.8, 4) is 0 Å². The highest BCUT2D eigenvalue weighted by Gasteiger charge is 2.35. The molecule has 0 radical (unpaired) electrons. The normalized spacial score (nSPS) is 15.8. The van der Waals surface area contributed by atoms with Gasteiger partial charge in [-0.2, -0.15) is 4.31 Å². The summed E-state index contributed by atoms with van der Waals surface area (Å²) in [6, 6.07) is 7.31. The van der Waals surface area contributed by atoms with Gasteiger partial charge in [-0.25, -0.2) is 13.4 Å². The Morgan fingerprint density at radius 3 is 2.46 bits per heavy atom. The molecule has 11 heteroatoms. The van der Waals surface area contributed by atoms with Crippen LogP contribution in [-0.2, 0) is 14.8 Å². The van der Waals surface area contributed by atoms with Crippen molar-refractivity contribution in [3.63, 3.8) is 0 Å². The van der Waals surface area contributed by atoms with Crippen molar-refractivity contribution in [2.24, 2.45) is 5.92 Å². The van der Waals surface area contributed by atoms with E-state index in [0.717, 1.165) is 45.2 Å². The number of thiophene rings is 1. The molecule has 0 bridgehead atoms. The number of fused-ring (bicyclic) bond motifs is 1. The molecule has 1 aromatic carbocycles. The van der Waals surface area contributed by atoms with Crippen LogP contribution in [0, 0.1) is 19.8 Å². The Morgan fingerprint density at radius 1 is 1.11 bits per heavy atom. The zero-order valence-electron chi connectivity index (χ0n) is 20.5. The van der Waals surface area contributed by atoms with Crippen LogP contribution in [0.2, 0.25) is 4.34 Å². The maximum Gasteiger partial charge on any atom is 0.252 e. The first-order chi connectivity index (χ1) is 16.6. The molecular formula is C24H31ClN4O3S3. The van der Waals surface area contributed by atoms with E-state index in [0.29, 0.717) is 36.8 Å². The van der Waals surface area contributed by atoms with Crippen molar-refractivity contribution >= 4 is 65.6 Å². The van der Waals surface area contributed by atoms with Crippen LogP contribution in [0.1, 0.15) is 30.4 Å². The highest BCUT2D eigenvalue weighted by atomic mass is 35.5. The molecule has 3 aromatic rings. The molecule has 0 atom stereocenters. The molecule has 35 heavy (non-hydrogen) atoms. The van der Waals surface area contributed by atoms with Gasteiger partial charge in [0.15, 0.2) is 5.13 Å². The Hall–Kier alpha value is -1.56. The first-order valence-corrected chi connectivity index (χ1v) is 15.1. The van der Waals surface area contributed by atoms with Gasteiger partial charge in [0, 0.05) is 25.6 Å². The summed E-state index contributed by atoms with van der Waals surface area (Å²) in [5.74, 6) is -0.198. The van der Waals surface area contributed by atoms with Crippen LogP contribution >= 0.6 is 34.3 Å². The predicted molar refractivity (Wildman–Crippen MR) is 145 cm³/mol. The van der Waals surface area contributed by atoms with E-state index in [1.54, 1.807) is 23.5 Å². The number of benzene rings is 1. The van der Waals surface area contributed by atoms with Gasteiger partial charge in [-0.05, 0) is 83.1 Å². The third-order valence-corrected chi connectivity index (χ3v) is 11.1. The van der Waals surface area contributed by atoms with E-state index in [9.17, 15) is 13.2 Å². The number of nitrogens with zero attached hydrogens (tertiary/aromatic N) is 4. The Bertz CT molecular complexity index is 1310. The minimum Gasteiger partial charge on any atom is -0.309 e. The quantitative estimate of drug-likeness (QED) is 0.391. The molecule has 3 heterocycles. The lowest BCUT2D eigenvalue weighted by atomic mass is 9.96. The topological polar surface area (TPSA) is 73.8 Å². The number of piperidine rings is 1. The average molecular weight is 555 g/mol. The first kappa shape index (κ1) is 26.5. The number of rotatable bonds is 8. The average Bonchev–Trinajstić information content (AvgIpc) is 3.46. The van der Waals surface area contributed by atoms with Gasteiger partial charge < -0.3 is 4.90 Å². The zero-order chi connectivity index (χ0) is 25.3. The van der Waals surface area contributed by atoms with Gasteiger partial charge in [0.05, 0.1) is 14.6 Å². The largest absolute Gasteiger partial charge is 0.309 e. The summed E-state index contributed by atoms with van der Waals surface area (Å²) in [5.41, 5.74) is 3.27.